The van der Waals surface area contributed by atoms with Crippen molar-refractivity contribution in [2.75, 3.05) is 18.6 Å². The van der Waals surface area contributed by atoms with Crippen LogP contribution in [0.25, 0.3) is 0 Å². The number of hydrogen-bond donors (Lipinski definition) is 0. The monoisotopic (exact) mass is 279 g/mol. The molecule has 1 aliphatic rings. The minimum atomic E-state index is -0.0620. The highest BCUT2D eigenvalue weighted by Crippen LogP contribution is 2.27. The molecule has 2 amide bonds. The van der Waals surface area contributed by atoms with Gasteiger partial charge in [-0.2, -0.15) is 0 Å². The molecule has 1 aliphatic heterocycles. The van der Waals surface area contributed by atoms with Crippen LogP contribution in [0, 0.1) is 0 Å². The molecule has 4 nitrogen and oxygen atoms in total. The van der Waals surface area contributed by atoms with Crippen molar-refractivity contribution in [1.82, 2.24) is 9.80 Å². The van der Waals surface area contributed by atoms with Crippen LogP contribution in [0.1, 0.15) is 0 Å². The van der Waals surface area contributed by atoms with Crippen molar-refractivity contribution in [1.29, 1.82) is 0 Å². The molecule has 2 aromatic rings. The van der Waals surface area contributed by atoms with E-state index in [9.17, 15) is 4.79 Å². The van der Waals surface area contributed by atoms with E-state index in [-0.39, 0.29) is 6.03 Å². The Morgan fingerprint density at radius 1 is 0.905 bits per heavy atom. The molecule has 0 saturated heterocycles. The van der Waals surface area contributed by atoms with Gasteiger partial charge in [-0.1, -0.05) is 36.4 Å². The van der Waals surface area contributed by atoms with Gasteiger partial charge in [0.15, 0.2) is 0 Å². The zero-order chi connectivity index (χ0) is 14.7. The van der Waals surface area contributed by atoms with E-state index in [4.69, 9.17) is 0 Å². The summed E-state index contributed by atoms with van der Waals surface area (Å²) in [5.74, 6) is 0. The van der Waals surface area contributed by atoms with Gasteiger partial charge in [-0.3, -0.25) is 9.80 Å². The third-order valence-electron chi connectivity index (χ3n) is 3.34. The maximum absolute atomic E-state index is 12.9. The minimum Gasteiger partial charge on any atom is -0.361 e. The van der Waals surface area contributed by atoms with Gasteiger partial charge in [-0.05, 0) is 24.3 Å². The lowest BCUT2D eigenvalue weighted by Crippen LogP contribution is -2.38. The first-order chi connectivity index (χ1) is 10.3. The van der Waals surface area contributed by atoms with Crippen molar-refractivity contribution in [3.8, 4) is 0 Å². The van der Waals surface area contributed by atoms with Crippen molar-refractivity contribution in [2.45, 2.75) is 0 Å². The van der Waals surface area contributed by atoms with Gasteiger partial charge >= 0.3 is 6.03 Å². The quantitative estimate of drug-likeness (QED) is 0.839. The van der Waals surface area contributed by atoms with Crippen molar-refractivity contribution in [3.05, 3.63) is 73.1 Å². The van der Waals surface area contributed by atoms with Crippen molar-refractivity contribution < 1.29 is 4.79 Å². The highest BCUT2D eigenvalue weighted by atomic mass is 16.2. The molecule has 106 valence electrons. The van der Waals surface area contributed by atoms with E-state index in [0.29, 0.717) is 6.67 Å². The van der Waals surface area contributed by atoms with E-state index in [2.05, 4.69) is 0 Å². The van der Waals surface area contributed by atoms with E-state index in [0.717, 1.165) is 11.4 Å². The Balaban J connectivity index is 1.97. The number of rotatable bonds is 2. The number of carbonyl (C=O) groups is 1. The molecule has 0 fully saturated rings. The molecule has 0 unspecified atom stereocenters. The van der Waals surface area contributed by atoms with E-state index < -0.39 is 0 Å². The molecule has 21 heavy (non-hydrogen) atoms. The lowest BCUT2D eigenvalue weighted by Gasteiger charge is -2.27. The summed E-state index contributed by atoms with van der Waals surface area (Å²) >= 11 is 0. The molecular formula is C17H17N3O. The number of carbonyl (C=O) groups excluding carboxylic acids is 1. The van der Waals surface area contributed by atoms with Crippen molar-refractivity contribution >= 4 is 17.4 Å². The summed E-state index contributed by atoms with van der Waals surface area (Å²) in [6.07, 6.45) is 3.70. The summed E-state index contributed by atoms with van der Waals surface area (Å²) in [6.45, 7) is 0.564. The number of anilines is 2. The van der Waals surface area contributed by atoms with E-state index in [1.807, 2.05) is 78.8 Å². The molecule has 0 N–H and O–H groups in total. The van der Waals surface area contributed by atoms with Crippen LogP contribution < -0.4 is 4.90 Å². The standard InChI is InChI=1S/C17H17N3O/c1-18-12-13-19(14-18)17(21)20(15-8-4-2-5-9-15)16-10-6-3-7-11-16/h2-13H,14H2,1H3. The van der Waals surface area contributed by atoms with Gasteiger partial charge in [0.1, 0.15) is 0 Å². The second-order valence-electron chi connectivity index (χ2n) is 4.96. The van der Waals surface area contributed by atoms with Crippen molar-refractivity contribution in [2.24, 2.45) is 0 Å². The molecule has 0 bridgehead atoms. The van der Waals surface area contributed by atoms with E-state index in [1.165, 1.54) is 0 Å². The molecule has 3 rings (SSSR count). The van der Waals surface area contributed by atoms with Crippen LogP contribution in [0.2, 0.25) is 0 Å². The highest BCUT2D eigenvalue weighted by Gasteiger charge is 2.25. The van der Waals surface area contributed by atoms with Crippen molar-refractivity contribution in [3.63, 3.8) is 0 Å². The normalized spacial score (nSPS) is 13.6. The Hall–Kier alpha value is -2.75. The first-order valence-electron chi connectivity index (χ1n) is 6.85. The molecule has 4 heteroatoms. The number of hydrogen-bond acceptors (Lipinski definition) is 2. The average molecular weight is 279 g/mol. The van der Waals surface area contributed by atoms with Crippen LogP contribution in [0.3, 0.4) is 0 Å². The Kier molecular flexibility index (Phi) is 3.60. The molecule has 2 aromatic carbocycles. The van der Waals surface area contributed by atoms with Crippen LogP contribution in [0.4, 0.5) is 16.2 Å². The highest BCUT2D eigenvalue weighted by molar-refractivity contribution is 5.99. The van der Waals surface area contributed by atoms with Crippen LogP contribution in [0.15, 0.2) is 73.1 Å². The maximum atomic E-state index is 12.9. The molecule has 0 saturated carbocycles. The Morgan fingerprint density at radius 3 is 1.86 bits per heavy atom. The van der Waals surface area contributed by atoms with Crippen LogP contribution in [-0.2, 0) is 0 Å². The fourth-order valence-electron chi connectivity index (χ4n) is 2.31. The number of nitrogens with zero attached hydrogens (tertiary/aromatic N) is 3. The van der Waals surface area contributed by atoms with Crippen LogP contribution in [-0.4, -0.2) is 29.5 Å². The van der Waals surface area contributed by atoms with Gasteiger partial charge in [-0.15, -0.1) is 0 Å². The van der Waals surface area contributed by atoms with Crippen LogP contribution in [0.5, 0.6) is 0 Å². The molecule has 0 spiro atoms. The van der Waals surface area contributed by atoms with Gasteiger partial charge in [0.25, 0.3) is 0 Å². The zero-order valence-corrected chi connectivity index (χ0v) is 11.9. The summed E-state index contributed by atoms with van der Waals surface area (Å²) in [7, 11) is 1.94. The number of amides is 2. The Morgan fingerprint density at radius 2 is 1.43 bits per heavy atom. The summed E-state index contributed by atoms with van der Waals surface area (Å²) in [5.41, 5.74) is 1.72. The fourth-order valence-corrected chi connectivity index (χ4v) is 2.31. The third-order valence-corrected chi connectivity index (χ3v) is 3.34. The lowest BCUT2D eigenvalue weighted by molar-refractivity contribution is 0.216. The number of urea groups is 1. The van der Waals surface area contributed by atoms with Gasteiger partial charge < -0.3 is 4.90 Å². The van der Waals surface area contributed by atoms with Crippen LogP contribution >= 0.6 is 0 Å². The second-order valence-corrected chi connectivity index (χ2v) is 4.96. The SMILES string of the molecule is CN1C=CN(C(=O)N(c2ccccc2)c2ccccc2)C1. The van der Waals surface area contributed by atoms with Gasteiger partial charge in [-0.25, -0.2) is 4.79 Å². The van der Waals surface area contributed by atoms with E-state index in [1.54, 1.807) is 16.0 Å². The van der Waals surface area contributed by atoms with E-state index >= 15 is 0 Å². The molecule has 1 heterocycles. The topological polar surface area (TPSA) is 26.8 Å². The first-order valence-corrected chi connectivity index (χ1v) is 6.85. The molecule has 0 aromatic heterocycles. The fraction of sp³-hybridized carbons (Fsp3) is 0.118. The predicted molar refractivity (Wildman–Crippen MR) is 84.0 cm³/mol. The molecule has 0 atom stereocenters. The lowest BCUT2D eigenvalue weighted by atomic mass is 10.2. The van der Waals surface area contributed by atoms with Gasteiger partial charge in [0.05, 0.1) is 18.0 Å². The first kappa shape index (κ1) is 13.2. The predicted octanol–water partition coefficient (Wildman–Crippen LogP) is 3.62. The summed E-state index contributed by atoms with van der Waals surface area (Å²) in [5, 5.41) is 0. The Labute approximate surface area is 124 Å². The molecular weight excluding hydrogens is 262 g/mol. The molecule has 0 radical (unpaired) electrons. The largest absolute Gasteiger partial charge is 0.361 e. The maximum Gasteiger partial charge on any atom is 0.334 e. The Bertz CT molecular complexity index is 600. The summed E-state index contributed by atoms with van der Waals surface area (Å²) < 4.78 is 0. The minimum absolute atomic E-state index is 0.0620. The second kappa shape index (κ2) is 5.71. The summed E-state index contributed by atoms with van der Waals surface area (Å²) in [6, 6.07) is 19.3. The zero-order valence-electron chi connectivity index (χ0n) is 11.9. The summed E-state index contributed by atoms with van der Waals surface area (Å²) in [4.78, 5) is 18.3. The number of para-hydroxylation sites is 2. The smallest absolute Gasteiger partial charge is 0.334 e. The third kappa shape index (κ3) is 2.74. The van der Waals surface area contributed by atoms with Gasteiger partial charge in [0.2, 0.25) is 0 Å². The van der Waals surface area contributed by atoms with Gasteiger partial charge in [0, 0.05) is 19.4 Å². The molecule has 0 aliphatic carbocycles. The number of benzene rings is 2. The average Bonchev–Trinajstić information content (AvgIpc) is 2.96.